The van der Waals surface area contributed by atoms with Gasteiger partial charge in [0, 0.05) is 25.2 Å². The highest BCUT2D eigenvalue weighted by atomic mass is 16.5. The number of hydrogen-bond donors (Lipinski definition) is 0. The zero-order valence-electron chi connectivity index (χ0n) is 15.2. The lowest BCUT2D eigenvalue weighted by atomic mass is 9.97. The van der Waals surface area contributed by atoms with Crippen molar-refractivity contribution in [2.75, 3.05) is 26.7 Å². The van der Waals surface area contributed by atoms with E-state index in [1.807, 2.05) is 31.2 Å². The van der Waals surface area contributed by atoms with Gasteiger partial charge in [0.2, 0.25) is 0 Å². The minimum atomic E-state index is -0.204. The quantitative estimate of drug-likeness (QED) is 0.772. The molecule has 2 aliphatic heterocycles. The van der Waals surface area contributed by atoms with Gasteiger partial charge in [0.1, 0.15) is 11.4 Å². The van der Waals surface area contributed by atoms with Crippen molar-refractivity contribution in [3.63, 3.8) is 0 Å². The smallest absolute Gasteiger partial charge is 0.277 e. The Balaban J connectivity index is 2.09. The van der Waals surface area contributed by atoms with E-state index in [1.165, 1.54) is 4.90 Å². The highest BCUT2D eigenvalue weighted by Gasteiger charge is 2.42. The lowest BCUT2D eigenvalue weighted by Crippen LogP contribution is -2.38. The molecule has 134 valence electrons. The molecule has 5 heteroatoms. The van der Waals surface area contributed by atoms with Gasteiger partial charge in [-0.3, -0.25) is 14.5 Å². The van der Waals surface area contributed by atoms with Gasteiger partial charge in [0.25, 0.3) is 11.8 Å². The number of carbonyl (C=O) groups excluding carboxylic acids is 2. The Labute approximate surface area is 149 Å². The number of carbonyl (C=O) groups is 2. The van der Waals surface area contributed by atoms with E-state index in [1.54, 1.807) is 7.11 Å². The van der Waals surface area contributed by atoms with Crippen molar-refractivity contribution in [3.05, 3.63) is 35.5 Å². The predicted molar refractivity (Wildman–Crippen MR) is 96.9 cm³/mol. The Hall–Kier alpha value is -2.30. The highest BCUT2D eigenvalue weighted by Crippen LogP contribution is 2.37. The molecule has 0 unspecified atom stereocenters. The molecule has 0 bridgehead atoms. The fourth-order valence-corrected chi connectivity index (χ4v) is 3.61. The SMILES string of the molecule is CCCN1C(=O)C(c2ccccc2OC)=C(N2CCC(C)CC2)C1=O. The summed E-state index contributed by atoms with van der Waals surface area (Å²) in [6.07, 6.45) is 2.83. The molecule has 0 spiro atoms. The molecule has 1 fully saturated rings. The number of hydrogen-bond acceptors (Lipinski definition) is 4. The van der Waals surface area contributed by atoms with Crippen molar-refractivity contribution < 1.29 is 14.3 Å². The summed E-state index contributed by atoms with van der Waals surface area (Å²) in [5, 5.41) is 0. The van der Waals surface area contributed by atoms with Gasteiger partial charge in [-0.05, 0) is 31.2 Å². The first-order chi connectivity index (χ1) is 12.1. The van der Waals surface area contributed by atoms with E-state index in [9.17, 15) is 9.59 Å². The fourth-order valence-electron chi connectivity index (χ4n) is 3.61. The van der Waals surface area contributed by atoms with Gasteiger partial charge in [-0.25, -0.2) is 0 Å². The van der Waals surface area contributed by atoms with Crippen LogP contribution in [0.15, 0.2) is 30.0 Å². The minimum absolute atomic E-state index is 0.165. The van der Waals surface area contributed by atoms with Crippen LogP contribution in [0, 0.1) is 5.92 Å². The molecule has 1 aromatic carbocycles. The van der Waals surface area contributed by atoms with Crippen LogP contribution < -0.4 is 4.74 Å². The average Bonchev–Trinajstić information content (AvgIpc) is 2.87. The third-order valence-electron chi connectivity index (χ3n) is 5.07. The maximum atomic E-state index is 13.1. The molecule has 5 nitrogen and oxygen atoms in total. The molecule has 2 aliphatic rings. The summed E-state index contributed by atoms with van der Waals surface area (Å²) in [6, 6.07) is 7.44. The van der Waals surface area contributed by atoms with Crippen molar-refractivity contribution in [2.45, 2.75) is 33.1 Å². The Bertz CT molecular complexity index is 703. The lowest BCUT2D eigenvalue weighted by Gasteiger charge is -2.32. The number of methoxy groups -OCH3 is 1. The molecular weight excluding hydrogens is 316 g/mol. The van der Waals surface area contributed by atoms with Crippen LogP contribution in [0.2, 0.25) is 0 Å². The molecule has 1 aromatic rings. The molecular formula is C20H26N2O3. The number of nitrogens with zero attached hydrogens (tertiary/aromatic N) is 2. The zero-order valence-corrected chi connectivity index (χ0v) is 15.2. The summed E-state index contributed by atoms with van der Waals surface area (Å²) < 4.78 is 5.45. The average molecular weight is 342 g/mol. The third kappa shape index (κ3) is 3.15. The topological polar surface area (TPSA) is 49.9 Å². The fraction of sp³-hybridized carbons (Fsp3) is 0.500. The third-order valence-corrected chi connectivity index (χ3v) is 5.07. The summed E-state index contributed by atoms with van der Waals surface area (Å²) in [6.45, 7) is 6.29. The van der Waals surface area contributed by atoms with E-state index in [-0.39, 0.29) is 11.8 Å². The first kappa shape index (κ1) is 17.5. The van der Waals surface area contributed by atoms with E-state index < -0.39 is 0 Å². The molecule has 3 rings (SSSR count). The molecule has 0 radical (unpaired) electrons. The zero-order chi connectivity index (χ0) is 18.0. The second-order valence-electron chi connectivity index (χ2n) is 6.86. The Kier molecular flexibility index (Phi) is 5.11. The van der Waals surface area contributed by atoms with Crippen LogP contribution in [0.3, 0.4) is 0 Å². The highest BCUT2D eigenvalue weighted by molar-refractivity contribution is 6.36. The van der Waals surface area contributed by atoms with Crippen LogP contribution in [0.4, 0.5) is 0 Å². The minimum Gasteiger partial charge on any atom is -0.496 e. The van der Waals surface area contributed by atoms with Crippen molar-refractivity contribution in [2.24, 2.45) is 5.92 Å². The Morgan fingerprint density at radius 3 is 2.44 bits per heavy atom. The van der Waals surface area contributed by atoms with Crippen molar-refractivity contribution in [3.8, 4) is 5.75 Å². The molecule has 0 aromatic heterocycles. The van der Waals surface area contributed by atoms with Crippen LogP contribution in [-0.2, 0) is 9.59 Å². The number of benzene rings is 1. The summed E-state index contributed by atoms with van der Waals surface area (Å²) in [5.41, 5.74) is 1.75. The van der Waals surface area contributed by atoms with Gasteiger partial charge in [-0.2, -0.15) is 0 Å². The van der Waals surface area contributed by atoms with Crippen LogP contribution >= 0.6 is 0 Å². The number of likely N-dealkylation sites (tertiary alicyclic amines) is 1. The van der Waals surface area contributed by atoms with Gasteiger partial charge in [-0.1, -0.05) is 32.0 Å². The number of imide groups is 1. The number of ether oxygens (including phenoxy) is 1. The molecule has 0 atom stereocenters. The molecule has 0 aliphatic carbocycles. The molecule has 0 N–H and O–H groups in total. The molecule has 2 heterocycles. The Morgan fingerprint density at radius 2 is 1.80 bits per heavy atom. The normalized spacial score (nSPS) is 19.2. The standard InChI is InChI=1S/C20H26N2O3/c1-4-11-22-19(23)17(15-7-5-6-8-16(15)25-3)18(20(22)24)21-12-9-14(2)10-13-21/h5-8,14H,4,9-13H2,1-3H3. The second-order valence-corrected chi connectivity index (χ2v) is 6.86. The van der Waals surface area contributed by atoms with E-state index in [4.69, 9.17) is 4.74 Å². The van der Waals surface area contributed by atoms with Crippen LogP contribution in [-0.4, -0.2) is 48.4 Å². The van der Waals surface area contributed by atoms with Gasteiger partial charge in [0.05, 0.1) is 12.7 Å². The van der Waals surface area contributed by atoms with Crippen LogP contribution in [0.5, 0.6) is 5.75 Å². The van der Waals surface area contributed by atoms with Crippen LogP contribution in [0.25, 0.3) is 5.57 Å². The summed E-state index contributed by atoms with van der Waals surface area (Å²) in [7, 11) is 1.59. The number of rotatable bonds is 5. The molecule has 2 amide bonds. The van der Waals surface area contributed by atoms with E-state index in [2.05, 4.69) is 11.8 Å². The number of amides is 2. The van der Waals surface area contributed by atoms with Crippen molar-refractivity contribution in [1.82, 2.24) is 9.80 Å². The lowest BCUT2D eigenvalue weighted by molar-refractivity contribution is -0.137. The van der Waals surface area contributed by atoms with E-state index in [0.717, 1.165) is 32.4 Å². The molecule has 25 heavy (non-hydrogen) atoms. The monoisotopic (exact) mass is 342 g/mol. The number of para-hydroxylation sites is 1. The maximum Gasteiger partial charge on any atom is 0.277 e. The first-order valence-corrected chi connectivity index (χ1v) is 9.07. The Morgan fingerprint density at radius 1 is 1.12 bits per heavy atom. The summed E-state index contributed by atoms with van der Waals surface area (Å²) in [5.74, 6) is 0.915. The van der Waals surface area contributed by atoms with Gasteiger partial charge in [0.15, 0.2) is 0 Å². The molecule has 0 saturated carbocycles. The maximum absolute atomic E-state index is 13.1. The largest absolute Gasteiger partial charge is 0.496 e. The molecule has 1 saturated heterocycles. The summed E-state index contributed by atoms with van der Waals surface area (Å²) >= 11 is 0. The van der Waals surface area contributed by atoms with E-state index >= 15 is 0 Å². The van der Waals surface area contributed by atoms with Crippen molar-refractivity contribution >= 4 is 17.4 Å². The van der Waals surface area contributed by atoms with Crippen LogP contribution in [0.1, 0.15) is 38.7 Å². The van der Waals surface area contributed by atoms with Gasteiger partial charge in [-0.15, -0.1) is 0 Å². The van der Waals surface area contributed by atoms with Gasteiger partial charge >= 0.3 is 0 Å². The predicted octanol–water partition coefficient (Wildman–Crippen LogP) is 2.92. The van der Waals surface area contributed by atoms with Gasteiger partial charge < -0.3 is 9.64 Å². The number of piperidine rings is 1. The van der Waals surface area contributed by atoms with E-state index in [0.29, 0.717) is 35.0 Å². The van der Waals surface area contributed by atoms with Crippen molar-refractivity contribution in [1.29, 1.82) is 0 Å². The summed E-state index contributed by atoms with van der Waals surface area (Å²) in [4.78, 5) is 29.6. The first-order valence-electron chi connectivity index (χ1n) is 9.07. The second kappa shape index (κ2) is 7.30.